The molecule has 1 saturated heterocycles. The van der Waals surface area contributed by atoms with E-state index in [1.54, 1.807) is 24.0 Å². The Labute approximate surface area is 174 Å². The first-order valence-corrected chi connectivity index (χ1v) is 9.80. The molecule has 1 aromatic heterocycles. The van der Waals surface area contributed by atoms with Gasteiger partial charge >= 0.3 is 6.09 Å². The second kappa shape index (κ2) is 8.81. The summed E-state index contributed by atoms with van der Waals surface area (Å²) in [6.07, 6.45) is 0.714. The molecule has 2 aromatic rings. The summed E-state index contributed by atoms with van der Waals surface area (Å²) >= 11 is 0. The number of hydrogen-bond donors (Lipinski definition) is 1. The number of nitrogens with one attached hydrogen (secondary N) is 1. The number of ether oxygens (including phenoxy) is 2. The van der Waals surface area contributed by atoms with Crippen LogP contribution in [-0.4, -0.2) is 45.7 Å². The van der Waals surface area contributed by atoms with E-state index in [0.29, 0.717) is 25.1 Å². The van der Waals surface area contributed by atoms with E-state index in [9.17, 15) is 13.6 Å². The van der Waals surface area contributed by atoms with Crippen molar-refractivity contribution in [3.63, 3.8) is 0 Å². The van der Waals surface area contributed by atoms with Gasteiger partial charge in [-0.1, -0.05) is 12.1 Å². The number of benzene rings is 1. The summed E-state index contributed by atoms with van der Waals surface area (Å²) in [5.41, 5.74) is -0.000829. The van der Waals surface area contributed by atoms with Gasteiger partial charge in [0.1, 0.15) is 17.5 Å². The molecule has 9 heteroatoms. The number of carbonyl (C=O) groups is 1. The Morgan fingerprint density at radius 1 is 1.33 bits per heavy atom. The van der Waals surface area contributed by atoms with E-state index in [4.69, 9.17) is 9.47 Å². The first kappa shape index (κ1) is 21.7. The largest absolute Gasteiger partial charge is 0.468 e. The number of rotatable bonds is 5. The van der Waals surface area contributed by atoms with Crippen molar-refractivity contribution in [3.8, 4) is 5.88 Å². The normalized spacial score (nSPS) is 17.5. The molecule has 1 aliphatic rings. The molecule has 30 heavy (non-hydrogen) atoms. The topological polar surface area (TPSA) is 76.6 Å². The quantitative estimate of drug-likeness (QED) is 0.777. The number of hydrogen-bond acceptors (Lipinski definition) is 6. The van der Waals surface area contributed by atoms with E-state index in [0.717, 1.165) is 6.20 Å². The van der Waals surface area contributed by atoms with Crippen LogP contribution in [-0.2, 0) is 4.74 Å². The van der Waals surface area contributed by atoms with E-state index in [1.807, 2.05) is 20.8 Å². The van der Waals surface area contributed by atoms with Gasteiger partial charge in [0.15, 0.2) is 0 Å². The summed E-state index contributed by atoms with van der Waals surface area (Å²) < 4.78 is 38.5. The van der Waals surface area contributed by atoms with Crippen LogP contribution < -0.4 is 10.1 Å². The lowest BCUT2D eigenvalue weighted by Gasteiger charge is -2.24. The predicted octanol–water partition coefficient (Wildman–Crippen LogP) is 4.32. The molecular formula is C21H26F2N4O3. The maximum Gasteiger partial charge on any atom is 0.410 e. The first-order chi connectivity index (χ1) is 14.1. The van der Waals surface area contributed by atoms with Crippen LogP contribution in [0.1, 0.15) is 45.8 Å². The molecule has 1 aromatic carbocycles. The van der Waals surface area contributed by atoms with Crippen molar-refractivity contribution < 1.29 is 23.0 Å². The Balaban J connectivity index is 1.62. The van der Waals surface area contributed by atoms with Crippen LogP contribution in [0.5, 0.6) is 5.88 Å². The van der Waals surface area contributed by atoms with Gasteiger partial charge in [0.05, 0.1) is 6.20 Å². The Hall–Kier alpha value is -2.97. The Kier molecular flexibility index (Phi) is 6.38. The summed E-state index contributed by atoms with van der Waals surface area (Å²) in [4.78, 5) is 21.9. The molecular weight excluding hydrogens is 394 g/mol. The van der Waals surface area contributed by atoms with Crippen LogP contribution in [0.25, 0.3) is 0 Å². The molecule has 162 valence electrons. The molecule has 0 bridgehead atoms. The van der Waals surface area contributed by atoms with Crippen molar-refractivity contribution in [2.45, 2.75) is 51.9 Å². The summed E-state index contributed by atoms with van der Waals surface area (Å²) in [6.45, 7) is 8.08. The molecule has 2 atom stereocenters. The average Bonchev–Trinajstić information content (AvgIpc) is 3.12. The summed E-state index contributed by atoms with van der Waals surface area (Å²) in [6, 6.07) is 5.80. The zero-order chi connectivity index (χ0) is 21.9. The van der Waals surface area contributed by atoms with Crippen LogP contribution in [0.15, 0.2) is 30.5 Å². The second-order valence-electron chi connectivity index (χ2n) is 8.22. The van der Waals surface area contributed by atoms with Gasteiger partial charge in [0, 0.05) is 19.1 Å². The number of carbonyl (C=O) groups excluding carboxylic acids is 1. The number of halogens is 2. The molecule has 0 spiro atoms. The van der Waals surface area contributed by atoms with E-state index in [1.165, 1.54) is 12.1 Å². The lowest BCUT2D eigenvalue weighted by molar-refractivity contribution is 0.0293. The summed E-state index contributed by atoms with van der Waals surface area (Å²) in [5.74, 6) is -1.16. The van der Waals surface area contributed by atoms with Crippen LogP contribution in [0.4, 0.5) is 19.5 Å². The smallest absolute Gasteiger partial charge is 0.410 e. The van der Waals surface area contributed by atoms with Crippen LogP contribution in [0, 0.1) is 11.6 Å². The van der Waals surface area contributed by atoms with Crippen LogP contribution in [0.2, 0.25) is 0 Å². The summed E-state index contributed by atoms with van der Waals surface area (Å²) in [7, 11) is 0. The number of anilines is 1. The van der Waals surface area contributed by atoms with Gasteiger partial charge in [0.2, 0.25) is 11.8 Å². The van der Waals surface area contributed by atoms with Crippen molar-refractivity contribution in [2.75, 3.05) is 18.4 Å². The molecule has 3 rings (SSSR count). The van der Waals surface area contributed by atoms with E-state index in [-0.39, 0.29) is 24.0 Å². The zero-order valence-corrected chi connectivity index (χ0v) is 17.5. The van der Waals surface area contributed by atoms with Gasteiger partial charge < -0.3 is 19.7 Å². The van der Waals surface area contributed by atoms with Crippen LogP contribution in [0.3, 0.4) is 0 Å². The fraction of sp³-hybridized carbons (Fsp3) is 0.476. The Morgan fingerprint density at radius 3 is 2.80 bits per heavy atom. The zero-order valence-electron chi connectivity index (χ0n) is 17.5. The third-order valence-corrected chi connectivity index (χ3v) is 4.49. The maximum atomic E-state index is 14.1. The molecule has 2 heterocycles. The minimum atomic E-state index is -0.717. The van der Waals surface area contributed by atoms with E-state index in [2.05, 4.69) is 15.3 Å². The molecule has 1 N–H and O–H groups in total. The highest BCUT2D eigenvalue weighted by Gasteiger charge is 2.30. The number of amides is 1. The van der Waals surface area contributed by atoms with Gasteiger partial charge in [-0.2, -0.15) is 9.37 Å². The maximum absolute atomic E-state index is 14.1. The minimum absolute atomic E-state index is 0.100. The molecule has 0 aliphatic carbocycles. The molecule has 0 unspecified atom stereocenters. The fourth-order valence-electron chi connectivity index (χ4n) is 3.05. The van der Waals surface area contributed by atoms with Gasteiger partial charge in [-0.15, -0.1) is 0 Å². The number of likely N-dealkylation sites (tertiary alicyclic amines) is 1. The highest BCUT2D eigenvalue weighted by molar-refractivity contribution is 5.68. The Morgan fingerprint density at radius 2 is 2.10 bits per heavy atom. The van der Waals surface area contributed by atoms with Gasteiger partial charge in [-0.3, -0.25) is 0 Å². The lowest BCUT2D eigenvalue weighted by atomic mass is 10.1. The number of aromatic nitrogens is 2. The monoisotopic (exact) mass is 420 g/mol. The van der Waals surface area contributed by atoms with Gasteiger partial charge in [-0.05, 0) is 51.8 Å². The van der Waals surface area contributed by atoms with Crippen molar-refractivity contribution in [2.24, 2.45) is 0 Å². The van der Waals surface area contributed by atoms with Gasteiger partial charge in [-0.25, -0.2) is 14.2 Å². The highest BCUT2D eigenvalue weighted by atomic mass is 19.1. The number of nitrogens with zero attached hydrogens (tertiary/aromatic N) is 3. The molecule has 1 fully saturated rings. The molecule has 7 nitrogen and oxygen atoms in total. The first-order valence-electron chi connectivity index (χ1n) is 9.80. The Bertz CT molecular complexity index is 904. The van der Waals surface area contributed by atoms with Crippen molar-refractivity contribution >= 4 is 12.0 Å². The third-order valence-electron chi connectivity index (χ3n) is 4.49. The SMILES string of the molecule is C[C@@H](Oc1nc(N[C@@H]2CCN(C(=O)OC(C)(C)C)C2)ncc1F)c1cccc(F)c1. The molecule has 1 aliphatic heterocycles. The van der Waals surface area contributed by atoms with E-state index < -0.39 is 23.3 Å². The average molecular weight is 420 g/mol. The van der Waals surface area contributed by atoms with Crippen molar-refractivity contribution in [1.29, 1.82) is 0 Å². The van der Waals surface area contributed by atoms with Crippen LogP contribution >= 0.6 is 0 Å². The third kappa shape index (κ3) is 5.77. The molecule has 0 radical (unpaired) electrons. The van der Waals surface area contributed by atoms with E-state index >= 15 is 0 Å². The fourth-order valence-corrected chi connectivity index (χ4v) is 3.05. The standard InChI is InChI=1S/C21H26F2N4O3/c1-13(14-6-5-7-15(22)10-14)29-18-17(23)11-24-19(26-18)25-16-8-9-27(12-16)20(28)30-21(2,3)4/h5-7,10-11,13,16H,8-9,12H2,1-4H3,(H,24,25,26)/t13-,16-/m1/s1. The second-order valence-corrected chi connectivity index (χ2v) is 8.22. The predicted molar refractivity (Wildman–Crippen MR) is 107 cm³/mol. The van der Waals surface area contributed by atoms with Gasteiger partial charge in [0.25, 0.3) is 5.88 Å². The highest BCUT2D eigenvalue weighted by Crippen LogP contribution is 2.24. The van der Waals surface area contributed by atoms with Crippen molar-refractivity contribution in [3.05, 3.63) is 47.7 Å². The summed E-state index contributed by atoms with van der Waals surface area (Å²) in [5, 5.41) is 3.10. The lowest BCUT2D eigenvalue weighted by Crippen LogP contribution is -2.36. The minimum Gasteiger partial charge on any atom is -0.468 e. The molecule has 0 saturated carbocycles. The van der Waals surface area contributed by atoms with Crippen molar-refractivity contribution in [1.82, 2.24) is 14.9 Å². The molecule has 1 amide bonds.